The number of carbonyl (C=O) groups excluding carboxylic acids is 2. The molecule has 7 nitrogen and oxygen atoms in total. The molecule has 2 aliphatic heterocycles. The molecule has 3 rings (SSSR count). The fraction of sp³-hybridized carbons (Fsp3) is 0.667. The second kappa shape index (κ2) is 8.70. The topological polar surface area (TPSA) is 84.0 Å². The lowest BCUT2D eigenvalue weighted by molar-refractivity contribution is -0.163. The molecule has 0 radical (unpaired) electrons. The fourth-order valence-corrected chi connectivity index (χ4v) is 6.18. The van der Waals surface area contributed by atoms with E-state index >= 15 is 0 Å². The van der Waals surface area contributed by atoms with E-state index in [0.717, 1.165) is 32.4 Å². The van der Waals surface area contributed by atoms with Gasteiger partial charge in [-0.05, 0) is 50.5 Å². The van der Waals surface area contributed by atoms with Gasteiger partial charge in [-0.15, -0.1) is 11.3 Å². The Labute approximate surface area is 164 Å². The molecule has 9 heteroatoms. The normalized spacial score (nSPS) is 21.0. The Bertz CT molecular complexity index is 749. The highest BCUT2D eigenvalue weighted by Gasteiger charge is 2.34. The number of hydrogen-bond acceptors (Lipinski definition) is 6. The summed E-state index contributed by atoms with van der Waals surface area (Å²) in [6, 6.07) is 3.30. The molecule has 2 aliphatic rings. The SMILES string of the molecule is C[C@@H](OC(=O)C1CCN(S(=O)(=O)c2cccs2)CC1)C(=O)N1CCCCC1. The number of carbonyl (C=O) groups is 2. The molecule has 150 valence electrons. The fourth-order valence-electron chi connectivity index (χ4n) is 3.56. The number of rotatable bonds is 5. The Balaban J connectivity index is 1.50. The maximum absolute atomic E-state index is 12.5. The van der Waals surface area contributed by atoms with Crippen molar-refractivity contribution in [3.63, 3.8) is 0 Å². The van der Waals surface area contributed by atoms with Crippen LogP contribution in [0.2, 0.25) is 0 Å². The number of ether oxygens (including phenoxy) is 1. The lowest BCUT2D eigenvalue weighted by Gasteiger charge is -2.31. The first-order valence-electron chi connectivity index (χ1n) is 9.42. The Hall–Kier alpha value is -1.45. The summed E-state index contributed by atoms with van der Waals surface area (Å²) in [5.41, 5.74) is 0. The third kappa shape index (κ3) is 4.70. The lowest BCUT2D eigenvalue weighted by atomic mass is 9.98. The van der Waals surface area contributed by atoms with Gasteiger partial charge >= 0.3 is 5.97 Å². The first-order chi connectivity index (χ1) is 12.9. The maximum Gasteiger partial charge on any atom is 0.309 e. The molecule has 0 bridgehead atoms. The average Bonchev–Trinajstić information content (AvgIpc) is 3.24. The average molecular weight is 415 g/mol. The number of sulfonamides is 1. The van der Waals surface area contributed by atoms with Crippen molar-refractivity contribution in [3.05, 3.63) is 17.5 Å². The monoisotopic (exact) mass is 414 g/mol. The van der Waals surface area contributed by atoms with Gasteiger partial charge in [0.1, 0.15) is 4.21 Å². The van der Waals surface area contributed by atoms with Crippen molar-refractivity contribution in [1.82, 2.24) is 9.21 Å². The summed E-state index contributed by atoms with van der Waals surface area (Å²) in [5.74, 6) is -0.904. The van der Waals surface area contributed by atoms with Crippen LogP contribution < -0.4 is 0 Å². The summed E-state index contributed by atoms with van der Waals surface area (Å²) in [7, 11) is -3.48. The minimum absolute atomic E-state index is 0.138. The highest BCUT2D eigenvalue weighted by molar-refractivity contribution is 7.91. The number of nitrogens with zero attached hydrogens (tertiary/aromatic N) is 2. The predicted molar refractivity (Wildman–Crippen MR) is 102 cm³/mol. The molecular formula is C18H26N2O5S2. The van der Waals surface area contributed by atoms with Gasteiger partial charge in [0.05, 0.1) is 5.92 Å². The number of hydrogen-bond donors (Lipinski definition) is 0. The summed E-state index contributed by atoms with van der Waals surface area (Å²) in [6.45, 7) is 3.63. The van der Waals surface area contributed by atoms with E-state index in [2.05, 4.69) is 0 Å². The van der Waals surface area contributed by atoms with Gasteiger partial charge in [-0.1, -0.05) is 6.07 Å². The highest BCUT2D eigenvalue weighted by Crippen LogP contribution is 2.27. The molecule has 0 spiro atoms. The van der Waals surface area contributed by atoms with Crippen LogP contribution >= 0.6 is 11.3 Å². The van der Waals surface area contributed by atoms with E-state index in [9.17, 15) is 18.0 Å². The number of amides is 1. The van der Waals surface area contributed by atoms with Crippen molar-refractivity contribution in [2.24, 2.45) is 5.92 Å². The predicted octanol–water partition coefficient (Wildman–Crippen LogP) is 2.09. The van der Waals surface area contributed by atoms with Gasteiger partial charge in [0.25, 0.3) is 15.9 Å². The zero-order valence-electron chi connectivity index (χ0n) is 15.5. The molecular weight excluding hydrogens is 388 g/mol. The van der Waals surface area contributed by atoms with Gasteiger partial charge in [-0.3, -0.25) is 9.59 Å². The second-order valence-electron chi connectivity index (χ2n) is 7.08. The van der Waals surface area contributed by atoms with Crippen LogP contribution in [0.5, 0.6) is 0 Å². The summed E-state index contributed by atoms with van der Waals surface area (Å²) in [5, 5.41) is 1.73. The van der Waals surface area contributed by atoms with Crippen molar-refractivity contribution in [2.45, 2.75) is 49.3 Å². The number of thiophene rings is 1. The third-order valence-corrected chi connectivity index (χ3v) is 8.46. The second-order valence-corrected chi connectivity index (χ2v) is 10.2. The van der Waals surface area contributed by atoms with Gasteiger partial charge in [0, 0.05) is 26.2 Å². The largest absolute Gasteiger partial charge is 0.452 e. The minimum Gasteiger partial charge on any atom is -0.452 e. The minimum atomic E-state index is -3.48. The Kier molecular flexibility index (Phi) is 6.54. The van der Waals surface area contributed by atoms with Gasteiger partial charge in [-0.2, -0.15) is 4.31 Å². The summed E-state index contributed by atoms with van der Waals surface area (Å²) < 4.78 is 32.2. The quantitative estimate of drug-likeness (QED) is 0.689. The molecule has 0 unspecified atom stereocenters. The highest BCUT2D eigenvalue weighted by atomic mass is 32.2. The van der Waals surface area contributed by atoms with Crippen LogP contribution in [0.3, 0.4) is 0 Å². The molecule has 1 atom stereocenters. The van der Waals surface area contributed by atoms with Gasteiger partial charge in [0.2, 0.25) is 0 Å². The van der Waals surface area contributed by atoms with Crippen LogP contribution in [0.4, 0.5) is 0 Å². The summed E-state index contributed by atoms with van der Waals surface area (Å²) >= 11 is 1.19. The molecule has 1 aromatic rings. The molecule has 0 aromatic carbocycles. The van der Waals surface area contributed by atoms with Crippen LogP contribution in [0.1, 0.15) is 39.0 Å². The van der Waals surface area contributed by atoms with Crippen molar-refractivity contribution >= 4 is 33.2 Å². The van der Waals surface area contributed by atoms with E-state index in [1.54, 1.807) is 29.3 Å². The Morgan fingerprint density at radius 1 is 1.15 bits per heavy atom. The molecule has 3 heterocycles. The van der Waals surface area contributed by atoms with Gasteiger partial charge < -0.3 is 9.64 Å². The Morgan fingerprint density at radius 3 is 2.41 bits per heavy atom. The van der Waals surface area contributed by atoms with E-state index in [1.807, 2.05) is 0 Å². The van der Waals surface area contributed by atoms with Crippen molar-refractivity contribution in [2.75, 3.05) is 26.2 Å². The van der Waals surface area contributed by atoms with E-state index in [0.29, 0.717) is 17.1 Å². The Morgan fingerprint density at radius 2 is 1.81 bits per heavy atom. The number of likely N-dealkylation sites (tertiary alicyclic amines) is 1. The molecule has 1 amide bonds. The van der Waals surface area contributed by atoms with Crippen LogP contribution in [-0.2, 0) is 24.3 Å². The zero-order valence-corrected chi connectivity index (χ0v) is 17.1. The van der Waals surface area contributed by atoms with E-state index < -0.39 is 22.1 Å². The summed E-state index contributed by atoms with van der Waals surface area (Å²) in [4.78, 5) is 26.6. The van der Waals surface area contributed by atoms with Crippen LogP contribution in [0, 0.1) is 5.92 Å². The molecule has 2 fully saturated rings. The third-order valence-electron chi connectivity index (χ3n) is 5.18. The molecule has 2 saturated heterocycles. The summed E-state index contributed by atoms with van der Waals surface area (Å²) in [6.07, 6.45) is 3.14. The van der Waals surface area contributed by atoms with Crippen LogP contribution in [-0.4, -0.2) is 61.8 Å². The smallest absolute Gasteiger partial charge is 0.309 e. The first-order valence-corrected chi connectivity index (χ1v) is 11.7. The molecule has 1 aromatic heterocycles. The van der Waals surface area contributed by atoms with E-state index in [4.69, 9.17) is 4.74 Å². The zero-order chi connectivity index (χ0) is 19.4. The standard InChI is InChI=1S/C18H26N2O5S2/c1-14(17(21)19-9-3-2-4-10-19)25-18(22)15-7-11-20(12-8-15)27(23,24)16-6-5-13-26-16/h5-6,13-15H,2-4,7-12H2,1H3/t14-/m1/s1. The van der Waals surface area contributed by atoms with Crippen LogP contribution in [0.25, 0.3) is 0 Å². The molecule has 27 heavy (non-hydrogen) atoms. The number of piperidine rings is 2. The molecule has 0 saturated carbocycles. The molecule has 0 aliphatic carbocycles. The van der Waals surface area contributed by atoms with Crippen LogP contribution in [0.15, 0.2) is 21.7 Å². The van der Waals surface area contributed by atoms with E-state index in [1.165, 1.54) is 15.6 Å². The van der Waals surface area contributed by atoms with Gasteiger partial charge in [0.15, 0.2) is 6.10 Å². The van der Waals surface area contributed by atoms with Gasteiger partial charge in [-0.25, -0.2) is 8.42 Å². The van der Waals surface area contributed by atoms with Crippen molar-refractivity contribution < 1.29 is 22.7 Å². The number of esters is 1. The first kappa shape index (κ1) is 20.3. The van der Waals surface area contributed by atoms with E-state index in [-0.39, 0.29) is 24.9 Å². The van der Waals surface area contributed by atoms with Crippen molar-refractivity contribution in [1.29, 1.82) is 0 Å². The lowest BCUT2D eigenvalue weighted by Crippen LogP contribution is -2.44. The molecule has 0 N–H and O–H groups in total. The van der Waals surface area contributed by atoms with Crippen molar-refractivity contribution in [3.8, 4) is 0 Å². The maximum atomic E-state index is 12.5.